The highest BCUT2D eigenvalue weighted by Gasteiger charge is 2.10. The van der Waals surface area contributed by atoms with Crippen molar-refractivity contribution in [2.45, 2.75) is 13.8 Å². The molecule has 1 aromatic heterocycles. The molecule has 1 rings (SSSR count). The summed E-state index contributed by atoms with van der Waals surface area (Å²) in [7, 11) is 0. The minimum Gasteiger partial charge on any atom is -0.478 e. The quantitative estimate of drug-likeness (QED) is 0.735. The molecule has 94 valence electrons. The second-order valence-electron chi connectivity index (χ2n) is 3.55. The minimum absolute atomic E-state index is 0.152. The number of nitrogens with zero attached hydrogens (tertiary/aromatic N) is 3. The molecular formula is C11H18N4O2. The highest BCUT2D eigenvalue weighted by Crippen LogP contribution is 2.09. The molecule has 0 aromatic carbocycles. The number of aromatic carboxylic acids is 1. The summed E-state index contributed by atoms with van der Waals surface area (Å²) in [6.45, 7) is 7.64. The van der Waals surface area contributed by atoms with Gasteiger partial charge in [-0.15, -0.1) is 5.10 Å². The zero-order valence-electron chi connectivity index (χ0n) is 10.2. The van der Waals surface area contributed by atoms with Gasteiger partial charge in [0, 0.05) is 13.1 Å². The molecule has 0 fully saturated rings. The van der Waals surface area contributed by atoms with Crippen molar-refractivity contribution in [3.63, 3.8) is 0 Å². The van der Waals surface area contributed by atoms with E-state index >= 15 is 0 Å². The molecule has 0 unspecified atom stereocenters. The van der Waals surface area contributed by atoms with E-state index in [0.29, 0.717) is 12.4 Å². The second kappa shape index (κ2) is 6.80. The average molecular weight is 238 g/mol. The van der Waals surface area contributed by atoms with Gasteiger partial charge < -0.3 is 15.3 Å². The van der Waals surface area contributed by atoms with Crippen LogP contribution in [0.25, 0.3) is 0 Å². The zero-order valence-corrected chi connectivity index (χ0v) is 10.2. The van der Waals surface area contributed by atoms with Crippen LogP contribution in [0.5, 0.6) is 0 Å². The van der Waals surface area contributed by atoms with Gasteiger partial charge in [-0.05, 0) is 19.2 Å². The van der Waals surface area contributed by atoms with E-state index in [1.54, 1.807) is 0 Å². The molecule has 0 radical (unpaired) electrons. The molecule has 0 spiro atoms. The van der Waals surface area contributed by atoms with Gasteiger partial charge in [-0.25, -0.2) is 4.79 Å². The third kappa shape index (κ3) is 3.99. The Kier molecular flexibility index (Phi) is 5.35. The van der Waals surface area contributed by atoms with E-state index in [-0.39, 0.29) is 5.56 Å². The molecule has 2 N–H and O–H groups in total. The SMILES string of the molecule is CCN(CC)CCNc1nnccc1C(=O)O. The predicted molar refractivity (Wildman–Crippen MR) is 65.3 cm³/mol. The number of rotatable bonds is 7. The van der Waals surface area contributed by atoms with Gasteiger partial charge in [0.1, 0.15) is 5.56 Å². The zero-order chi connectivity index (χ0) is 12.7. The lowest BCUT2D eigenvalue weighted by Gasteiger charge is -2.18. The lowest BCUT2D eigenvalue weighted by molar-refractivity contribution is 0.0697. The molecule has 0 atom stereocenters. The number of aromatic nitrogens is 2. The van der Waals surface area contributed by atoms with Crippen LogP contribution in [0.4, 0.5) is 5.82 Å². The number of hydrogen-bond acceptors (Lipinski definition) is 5. The molecule has 6 nitrogen and oxygen atoms in total. The highest BCUT2D eigenvalue weighted by atomic mass is 16.4. The van der Waals surface area contributed by atoms with Gasteiger partial charge in [-0.1, -0.05) is 13.8 Å². The van der Waals surface area contributed by atoms with Crippen molar-refractivity contribution in [2.24, 2.45) is 0 Å². The lowest BCUT2D eigenvalue weighted by atomic mass is 10.3. The van der Waals surface area contributed by atoms with Gasteiger partial charge in [-0.2, -0.15) is 5.10 Å². The summed E-state index contributed by atoms with van der Waals surface area (Å²) < 4.78 is 0. The summed E-state index contributed by atoms with van der Waals surface area (Å²) in [6.07, 6.45) is 1.37. The van der Waals surface area contributed by atoms with Crippen LogP contribution in [-0.4, -0.2) is 52.4 Å². The summed E-state index contributed by atoms with van der Waals surface area (Å²) in [5.74, 6) is -0.669. The third-order valence-electron chi connectivity index (χ3n) is 2.57. The number of carbonyl (C=O) groups is 1. The van der Waals surface area contributed by atoms with Crippen molar-refractivity contribution in [2.75, 3.05) is 31.5 Å². The van der Waals surface area contributed by atoms with Crippen LogP contribution in [0, 0.1) is 0 Å². The Bertz CT molecular complexity index is 366. The number of likely N-dealkylation sites (N-methyl/N-ethyl adjacent to an activating group) is 1. The van der Waals surface area contributed by atoms with E-state index in [4.69, 9.17) is 5.11 Å². The van der Waals surface area contributed by atoms with Gasteiger partial charge in [0.25, 0.3) is 0 Å². The minimum atomic E-state index is -0.995. The van der Waals surface area contributed by atoms with Crippen LogP contribution in [0.15, 0.2) is 12.3 Å². The van der Waals surface area contributed by atoms with Crippen molar-refractivity contribution in [1.29, 1.82) is 0 Å². The molecule has 0 amide bonds. The molecular weight excluding hydrogens is 220 g/mol. The fraction of sp³-hybridized carbons (Fsp3) is 0.545. The second-order valence-corrected chi connectivity index (χ2v) is 3.55. The summed E-state index contributed by atoms with van der Waals surface area (Å²) in [5.41, 5.74) is 0.152. The molecule has 0 saturated carbocycles. The van der Waals surface area contributed by atoms with Crippen molar-refractivity contribution < 1.29 is 9.90 Å². The summed E-state index contributed by atoms with van der Waals surface area (Å²) in [5, 5.41) is 19.4. The standard InChI is InChI=1S/C11H18N4O2/c1-3-15(4-2)8-7-12-10-9(11(16)17)5-6-13-14-10/h5-6H,3-4,7-8H2,1-2H3,(H,12,14)(H,16,17). The van der Waals surface area contributed by atoms with Crippen LogP contribution in [0.2, 0.25) is 0 Å². The lowest BCUT2D eigenvalue weighted by Crippen LogP contribution is -2.29. The van der Waals surface area contributed by atoms with E-state index < -0.39 is 5.97 Å². The maximum absolute atomic E-state index is 10.9. The Morgan fingerprint density at radius 2 is 2.18 bits per heavy atom. The molecule has 0 aliphatic heterocycles. The highest BCUT2D eigenvalue weighted by molar-refractivity contribution is 5.92. The van der Waals surface area contributed by atoms with Gasteiger partial charge in [0.2, 0.25) is 0 Å². The summed E-state index contributed by atoms with van der Waals surface area (Å²) in [6, 6.07) is 1.44. The van der Waals surface area contributed by atoms with Gasteiger partial charge >= 0.3 is 5.97 Å². The van der Waals surface area contributed by atoms with Gasteiger partial charge in [-0.3, -0.25) is 0 Å². The molecule has 6 heteroatoms. The molecule has 0 bridgehead atoms. The maximum Gasteiger partial charge on any atom is 0.339 e. The third-order valence-corrected chi connectivity index (χ3v) is 2.57. The Balaban J connectivity index is 2.54. The number of anilines is 1. The first-order chi connectivity index (χ1) is 8.19. The number of carboxylic acids is 1. The van der Waals surface area contributed by atoms with Crippen molar-refractivity contribution in [3.8, 4) is 0 Å². The first-order valence-corrected chi connectivity index (χ1v) is 5.70. The van der Waals surface area contributed by atoms with E-state index in [2.05, 4.69) is 34.3 Å². The topological polar surface area (TPSA) is 78.3 Å². The molecule has 0 aliphatic carbocycles. The van der Waals surface area contributed by atoms with Gasteiger partial charge in [0.15, 0.2) is 5.82 Å². The number of hydrogen-bond donors (Lipinski definition) is 2. The Labute approximate surface area is 101 Å². The molecule has 1 aromatic rings. The number of carboxylic acid groups (broad SMARTS) is 1. The molecule has 1 heterocycles. The largest absolute Gasteiger partial charge is 0.478 e. The van der Waals surface area contributed by atoms with Crippen molar-refractivity contribution in [3.05, 3.63) is 17.8 Å². The van der Waals surface area contributed by atoms with Crippen molar-refractivity contribution >= 4 is 11.8 Å². The molecule has 0 saturated heterocycles. The fourth-order valence-electron chi connectivity index (χ4n) is 1.51. The monoisotopic (exact) mass is 238 g/mol. The van der Waals surface area contributed by atoms with Crippen LogP contribution < -0.4 is 5.32 Å². The Morgan fingerprint density at radius 1 is 1.47 bits per heavy atom. The van der Waals surface area contributed by atoms with Crippen LogP contribution in [0.3, 0.4) is 0 Å². The average Bonchev–Trinajstić information content (AvgIpc) is 2.35. The van der Waals surface area contributed by atoms with E-state index in [9.17, 15) is 4.79 Å². The summed E-state index contributed by atoms with van der Waals surface area (Å²) >= 11 is 0. The molecule has 0 aliphatic rings. The number of nitrogens with one attached hydrogen (secondary N) is 1. The predicted octanol–water partition coefficient (Wildman–Crippen LogP) is 0.928. The normalized spacial score (nSPS) is 10.5. The molecule has 17 heavy (non-hydrogen) atoms. The first kappa shape index (κ1) is 13.4. The van der Waals surface area contributed by atoms with Crippen LogP contribution >= 0.6 is 0 Å². The Hall–Kier alpha value is -1.69. The maximum atomic E-state index is 10.9. The van der Waals surface area contributed by atoms with E-state index in [1.807, 2.05) is 0 Å². The summed E-state index contributed by atoms with van der Waals surface area (Å²) in [4.78, 5) is 13.2. The van der Waals surface area contributed by atoms with Crippen molar-refractivity contribution in [1.82, 2.24) is 15.1 Å². The van der Waals surface area contributed by atoms with Gasteiger partial charge in [0.05, 0.1) is 6.20 Å². The first-order valence-electron chi connectivity index (χ1n) is 5.70. The smallest absolute Gasteiger partial charge is 0.339 e. The van der Waals surface area contributed by atoms with Crippen LogP contribution in [0.1, 0.15) is 24.2 Å². The van der Waals surface area contributed by atoms with E-state index in [1.165, 1.54) is 12.3 Å². The fourth-order valence-corrected chi connectivity index (χ4v) is 1.51. The van der Waals surface area contributed by atoms with Crippen LogP contribution in [-0.2, 0) is 0 Å². The van der Waals surface area contributed by atoms with E-state index in [0.717, 1.165) is 19.6 Å². The Morgan fingerprint density at radius 3 is 2.76 bits per heavy atom.